The zero-order chi connectivity index (χ0) is 11.1. The Labute approximate surface area is 87.4 Å². The van der Waals surface area contributed by atoms with Gasteiger partial charge in [-0.25, -0.2) is 4.79 Å². The lowest BCUT2D eigenvalue weighted by Gasteiger charge is -2.05. The number of nitrogens with zero attached hydrogens (tertiary/aromatic N) is 1. The molecule has 78 valence electrons. The molecule has 15 heavy (non-hydrogen) atoms. The van der Waals surface area contributed by atoms with Gasteiger partial charge in [0.1, 0.15) is 6.61 Å². The van der Waals surface area contributed by atoms with Crippen LogP contribution in [-0.4, -0.2) is 19.2 Å². The molecule has 0 saturated carbocycles. The molecule has 0 unspecified atom stereocenters. The Morgan fingerprint density at radius 2 is 2.40 bits per heavy atom. The van der Waals surface area contributed by atoms with Crippen molar-refractivity contribution in [1.29, 1.82) is 5.26 Å². The first-order valence-electron chi connectivity index (χ1n) is 4.40. The summed E-state index contributed by atoms with van der Waals surface area (Å²) in [5, 5.41) is 11.1. The molecule has 0 radical (unpaired) electrons. The number of nitrogens with two attached hydrogens (primary N) is 1. The molecule has 1 aromatic carbocycles. The molecule has 0 heterocycles. The van der Waals surface area contributed by atoms with Gasteiger partial charge in [0.2, 0.25) is 0 Å². The summed E-state index contributed by atoms with van der Waals surface area (Å²) >= 11 is 0. The molecule has 0 aromatic heterocycles. The first kappa shape index (κ1) is 11.0. The van der Waals surface area contributed by atoms with Crippen molar-refractivity contribution in [3.63, 3.8) is 0 Å². The maximum Gasteiger partial charge on any atom is 0.411 e. The number of nitrogens with one attached hydrogen (secondary N) is 1. The summed E-state index contributed by atoms with van der Waals surface area (Å²) in [5.41, 5.74) is 6.17. The van der Waals surface area contributed by atoms with Gasteiger partial charge in [-0.2, -0.15) is 5.26 Å². The summed E-state index contributed by atoms with van der Waals surface area (Å²) in [5.74, 6) is 0. The van der Waals surface area contributed by atoms with Crippen molar-refractivity contribution in [2.45, 2.75) is 0 Å². The van der Waals surface area contributed by atoms with E-state index in [-0.39, 0.29) is 13.2 Å². The molecule has 0 aliphatic rings. The second-order valence-corrected chi connectivity index (χ2v) is 2.74. The van der Waals surface area contributed by atoms with E-state index in [9.17, 15) is 4.79 Å². The van der Waals surface area contributed by atoms with Crippen molar-refractivity contribution >= 4 is 11.8 Å². The van der Waals surface area contributed by atoms with Crippen LogP contribution in [0.2, 0.25) is 0 Å². The summed E-state index contributed by atoms with van der Waals surface area (Å²) < 4.78 is 4.71. The molecule has 0 spiro atoms. The van der Waals surface area contributed by atoms with Crippen LogP contribution in [0, 0.1) is 11.3 Å². The second-order valence-electron chi connectivity index (χ2n) is 2.74. The lowest BCUT2D eigenvalue weighted by atomic mass is 10.2. The molecule has 5 nitrogen and oxygen atoms in total. The van der Waals surface area contributed by atoms with Crippen LogP contribution < -0.4 is 11.1 Å². The Morgan fingerprint density at radius 1 is 1.60 bits per heavy atom. The standard InChI is InChI=1S/C10H11N3O2/c11-4-5-15-10(14)13-9-3-1-2-8(6-9)7-12/h1-3,6H,4-5,11H2,(H,13,14). The number of nitriles is 1. The summed E-state index contributed by atoms with van der Waals surface area (Å²) in [6.07, 6.45) is -0.574. The molecular formula is C10H11N3O2. The third kappa shape index (κ3) is 3.67. The number of benzene rings is 1. The van der Waals surface area contributed by atoms with E-state index in [0.717, 1.165) is 0 Å². The molecule has 5 heteroatoms. The molecule has 1 aromatic rings. The van der Waals surface area contributed by atoms with Gasteiger partial charge in [-0.3, -0.25) is 5.32 Å². The van der Waals surface area contributed by atoms with Gasteiger partial charge in [-0.15, -0.1) is 0 Å². The topological polar surface area (TPSA) is 88.1 Å². The molecular weight excluding hydrogens is 194 g/mol. The summed E-state index contributed by atoms with van der Waals surface area (Å²) in [7, 11) is 0. The minimum atomic E-state index is -0.574. The average molecular weight is 205 g/mol. The van der Waals surface area contributed by atoms with Crippen LogP contribution in [-0.2, 0) is 4.74 Å². The van der Waals surface area contributed by atoms with E-state index in [4.69, 9.17) is 15.7 Å². The van der Waals surface area contributed by atoms with E-state index in [0.29, 0.717) is 11.3 Å². The quantitative estimate of drug-likeness (QED) is 0.772. The fraction of sp³-hybridized carbons (Fsp3) is 0.200. The maximum absolute atomic E-state index is 11.1. The summed E-state index contributed by atoms with van der Waals surface area (Å²) in [6, 6.07) is 8.53. The Morgan fingerprint density at radius 3 is 3.07 bits per heavy atom. The predicted molar refractivity (Wildman–Crippen MR) is 55.2 cm³/mol. The molecule has 0 atom stereocenters. The predicted octanol–water partition coefficient (Wildman–Crippen LogP) is 1.07. The fourth-order valence-electron chi connectivity index (χ4n) is 0.972. The van der Waals surface area contributed by atoms with E-state index in [1.165, 1.54) is 0 Å². The minimum absolute atomic E-state index is 0.170. The first-order chi connectivity index (χ1) is 7.26. The van der Waals surface area contributed by atoms with Crippen molar-refractivity contribution < 1.29 is 9.53 Å². The SMILES string of the molecule is N#Cc1cccc(NC(=O)OCCN)c1. The number of hydrogen-bond acceptors (Lipinski definition) is 4. The number of ether oxygens (including phenoxy) is 1. The highest BCUT2D eigenvalue weighted by Gasteiger charge is 2.02. The van der Waals surface area contributed by atoms with Crippen LogP contribution >= 0.6 is 0 Å². The average Bonchev–Trinajstić information content (AvgIpc) is 2.26. The van der Waals surface area contributed by atoms with E-state index in [1.807, 2.05) is 6.07 Å². The number of anilines is 1. The smallest absolute Gasteiger partial charge is 0.411 e. The highest BCUT2D eigenvalue weighted by molar-refractivity contribution is 5.84. The Balaban J connectivity index is 2.57. The van der Waals surface area contributed by atoms with Crippen LogP contribution in [0.15, 0.2) is 24.3 Å². The molecule has 0 aliphatic heterocycles. The number of rotatable bonds is 3. The lowest BCUT2D eigenvalue weighted by Crippen LogP contribution is -2.18. The Kier molecular flexibility index (Phi) is 4.13. The number of hydrogen-bond donors (Lipinski definition) is 2. The van der Waals surface area contributed by atoms with Gasteiger partial charge in [0.25, 0.3) is 0 Å². The van der Waals surface area contributed by atoms with Crippen molar-refractivity contribution in [2.75, 3.05) is 18.5 Å². The van der Waals surface area contributed by atoms with Gasteiger partial charge in [-0.05, 0) is 18.2 Å². The van der Waals surface area contributed by atoms with Gasteiger partial charge < -0.3 is 10.5 Å². The van der Waals surface area contributed by atoms with Crippen LogP contribution in [0.1, 0.15) is 5.56 Å². The van der Waals surface area contributed by atoms with Crippen LogP contribution in [0.5, 0.6) is 0 Å². The van der Waals surface area contributed by atoms with Gasteiger partial charge in [0.05, 0.1) is 11.6 Å². The van der Waals surface area contributed by atoms with Crippen LogP contribution in [0.25, 0.3) is 0 Å². The molecule has 3 N–H and O–H groups in total. The van der Waals surface area contributed by atoms with E-state index < -0.39 is 6.09 Å². The second kappa shape index (κ2) is 5.62. The highest BCUT2D eigenvalue weighted by Crippen LogP contribution is 2.09. The molecule has 0 saturated heterocycles. The monoisotopic (exact) mass is 205 g/mol. The third-order valence-corrected chi connectivity index (χ3v) is 1.59. The maximum atomic E-state index is 11.1. The zero-order valence-electron chi connectivity index (χ0n) is 8.06. The van der Waals surface area contributed by atoms with Crippen molar-refractivity contribution in [2.24, 2.45) is 5.73 Å². The largest absolute Gasteiger partial charge is 0.448 e. The van der Waals surface area contributed by atoms with Gasteiger partial charge in [0.15, 0.2) is 0 Å². The van der Waals surface area contributed by atoms with Gasteiger partial charge in [0, 0.05) is 12.2 Å². The number of carbonyl (C=O) groups excluding carboxylic acids is 1. The Hall–Kier alpha value is -2.06. The third-order valence-electron chi connectivity index (χ3n) is 1.59. The van der Waals surface area contributed by atoms with E-state index in [2.05, 4.69) is 5.32 Å². The molecule has 0 aliphatic carbocycles. The van der Waals surface area contributed by atoms with Crippen molar-refractivity contribution in [1.82, 2.24) is 0 Å². The molecule has 1 amide bonds. The fourth-order valence-corrected chi connectivity index (χ4v) is 0.972. The van der Waals surface area contributed by atoms with E-state index >= 15 is 0 Å². The zero-order valence-corrected chi connectivity index (χ0v) is 8.06. The number of carbonyl (C=O) groups is 1. The van der Waals surface area contributed by atoms with Crippen LogP contribution in [0.3, 0.4) is 0 Å². The summed E-state index contributed by atoms with van der Waals surface area (Å²) in [6.45, 7) is 0.454. The Bertz CT molecular complexity index is 384. The van der Waals surface area contributed by atoms with Gasteiger partial charge >= 0.3 is 6.09 Å². The van der Waals surface area contributed by atoms with Gasteiger partial charge in [-0.1, -0.05) is 6.07 Å². The molecule has 0 bridgehead atoms. The lowest BCUT2D eigenvalue weighted by molar-refractivity contribution is 0.165. The molecule has 1 rings (SSSR count). The van der Waals surface area contributed by atoms with Crippen molar-refractivity contribution in [3.05, 3.63) is 29.8 Å². The van der Waals surface area contributed by atoms with Crippen molar-refractivity contribution in [3.8, 4) is 6.07 Å². The summed E-state index contributed by atoms with van der Waals surface area (Å²) in [4.78, 5) is 11.1. The van der Waals surface area contributed by atoms with E-state index in [1.54, 1.807) is 24.3 Å². The molecule has 0 fully saturated rings. The first-order valence-corrected chi connectivity index (χ1v) is 4.40. The number of amides is 1. The minimum Gasteiger partial charge on any atom is -0.448 e. The highest BCUT2D eigenvalue weighted by atomic mass is 16.5. The normalized spacial score (nSPS) is 9.07. The van der Waals surface area contributed by atoms with Crippen LogP contribution in [0.4, 0.5) is 10.5 Å².